The highest BCUT2D eigenvalue weighted by molar-refractivity contribution is 5.83. The number of likely N-dealkylation sites (N-methyl/N-ethyl adjacent to an activating group) is 1. The lowest BCUT2D eigenvalue weighted by atomic mass is 9.98. The lowest BCUT2D eigenvalue weighted by Crippen LogP contribution is -2.40. The Morgan fingerprint density at radius 1 is 1.00 bits per heavy atom. The number of alkyl carbamates (subject to hydrolysis) is 2. The van der Waals surface area contributed by atoms with Crippen LogP contribution in [0.1, 0.15) is 51.7 Å². The third-order valence-corrected chi connectivity index (χ3v) is 5.64. The molecule has 0 aliphatic carbocycles. The number of hydrogen-bond donors (Lipinski definition) is 3. The topological polar surface area (TPSA) is 121 Å². The van der Waals surface area contributed by atoms with Crippen LogP contribution in [0, 0.1) is 5.92 Å². The maximum Gasteiger partial charge on any atom is 0.412 e. The largest absolute Gasteiger partial charge is 0.444 e. The number of aliphatic hydroxyl groups is 1. The van der Waals surface area contributed by atoms with E-state index in [4.69, 9.17) is 9.47 Å². The van der Waals surface area contributed by atoms with Gasteiger partial charge in [-0.15, -0.1) is 0 Å². The van der Waals surface area contributed by atoms with E-state index in [0.29, 0.717) is 26.2 Å². The number of hydrogen-bond acceptors (Lipinski definition) is 6. The highest BCUT2D eigenvalue weighted by atomic mass is 16.6. The Labute approximate surface area is 224 Å². The summed E-state index contributed by atoms with van der Waals surface area (Å²) in [4.78, 5) is 38.5. The highest BCUT2D eigenvalue weighted by Gasteiger charge is 2.25. The summed E-state index contributed by atoms with van der Waals surface area (Å²) in [5.41, 5.74) is 1.13. The van der Waals surface area contributed by atoms with Crippen LogP contribution in [0.25, 0.3) is 0 Å². The van der Waals surface area contributed by atoms with Crippen molar-refractivity contribution in [2.75, 3.05) is 26.2 Å². The van der Waals surface area contributed by atoms with Gasteiger partial charge in [0, 0.05) is 38.3 Å². The van der Waals surface area contributed by atoms with Crippen molar-refractivity contribution in [3.8, 4) is 0 Å². The Hall–Kier alpha value is -3.66. The maximum atomic E-state index is 13.1. The van der Waals surface area contributed by atoms with Crippen LogP contribution >= 0.6 is 0 Å². The minimum Gasteiger partial charge on any atom is -0.444 e. The summed E-state index contributed by atoms with van der Waals surface area (Å²) < 4.78 is 12.1. The molecule has 2 atom stereocenters. The number of nitrogens with one attached hydrogen (secondary N) is 2. The lowest BCUT2D eigenvalue weighted by Gasteiger charge is -2.25. The SMILES string of the molecule is CCN(Cc1cc[n+](COC(=O)NCC(C)CNC(=O)OC(C)(C)C)cc1)C(=O)C(CO)c1ccccc1. The minimum absolute atomic E-state index is 0.0152. The van der Waals surface area contributed by atoms with Crippen molar-refractivity contribution in [1.82, 2.24) is 15.5 Å². The number of carbonyl (C=O) groups is 3. The van der Waals surface area contributed by atoms with Crippen molar-refractivity contribution in [2.45, 2.75) is 59.4 Å². The third kappa shape index (κ3) is 10.8. The normalized spacial score (nSPS) is 12.7. The Bertz CT molecular complexity index is 1020. The van der Waals surface area contributed by atoms with Crippen molar-refractivity contribution in [3.05, 3.63) is 66.0 Å². The van der Waals surface area contributed by atoms with Gasteiger partial charge in [0.15, 0.2) is 12.4 Å². The molecule has 2 rings (SSSR count). The molecule has 208 valence electrons. The molecule has 0 radical (unpaired) electrons. The van der Waals surface area contributed by atoms with Crippen LogP contribution in [0.15, 0.2) is 54.9 Å². The summed E-state index contributed by atoms with van der Waals surface area (Å²) >= 11 is 0. The fourth-order valence-corrected chi connectivity index (χ4v) is 3.56. The number of aliphatic hydroxyl groups excluding tert-OH is 1. The number of pyridine rings is 1. The average Bonchev–Trinajstić information content (AvgIpc) is 2.88. The van der Waals surface area contributed by atoms with Crippen LogP contribution in [-0.4, -0.2) is 59.9 Å². The highest BCUT2D eigenvalue weighted by Crippen LogP contribution is 2.19. The lowest BCUT2D eigenvalue weighted by molar-refractivity contribution is -0.727. The summed E-state index contributed by atoms with van der Waals surface area (Å²) in [6, 6.07) is 13.0. The van der Waals surface area contributed by atoms with E-state index in [1.807, 2.05) is 56.3 Å². The molecule has 0 saturated heterocycles. The fraction of sp³-hybridized carbons (Fsp3) is 0.500. The molecule has 0 bridgehead atoms. The van der Waals surface area contributed by atoms with Crippen LogP contribution in [0.3, 0.4) is 0 Å². The van der Waals surface area contributed by atoms with E-state index >= 15 is 0 Å². The van der Waals surface area contributed by atoms with Gasteiger partial charge in [0.2, 0.25) is 5.91 Å². The molecule has 2 aromatic rings. The van der Waals surface area contributed by atoms with Gasteiger partial charge < -0.3 is 30.1 Å². The first-order valence-corrected chi connectivity index (χ1v) is 12.8. The average molecular weight is 530 g/mol. The van der Waals surface area contributed by atoms with E-state index in [1.165, 1.54) is 0 Å². The van der Waals surface area contributed by atoms with E-state index in [9.17, 15) is 19.5 Å². The molecular weight excluding hydrogens is 488 g/mol. The van der Waals surface area contributed by atoms with Crippen molar-refractivity contribution < 1.29 is 33.5 Å². The van der Waals surface area contributed by atoms with E-state index in [1.54, 1.807) is 42.6 Å². The Morgan fingerprint density at radius 3 is 2.16 bits per heavy atom. The zero-order valence-corrected chi connectivity index (χ0v) is 23.0. The first kappa shape index (κ1) is 30.6. The Balaban J connectivity index is 1.78. The number of rotatable bonds is 12. The van der Waals surface area contributed by atoms with Crippen molar-refractivity contribution in [1.29, 1.82) is 0 Å². The molecule has 0 aliphatic heterocycles. The van der Waals surface area contributed by atoms with E-state index < -0.39 is 23.7 Å². The molecule has 1 heterocycles. The molecular formula is C28H41N4O6+. The van der Waals surface area contributed by atoms with Crippen molar-refractivity contribution >= 4 is 18.1 Å². The van der Waals surface area contributed by atoms with Crippen molar-refractivity contribution in [2.24, 2.45) is 5.92 Å². The van der Waals surface area contributed by atoms with Gasteiger partial charge in [0.05, 0.1) is 12.5 Å². The molecule has 1 aromatic carbocycles. The predicted octanol–water partition coefficient (Wildman–Crippen LogP) is 2.94. The summed E-state index contributed by atoms with van der Waals surface area (Å²) in [6.07, 6.45) is 2.48. The molecule has 3 amide bonds. The molecule has 10 nitrogen and oxygen atoms in total. The van der Waals surface area contributed by atoms with Crippen LogP contribution in [0.4, 0.5) is 9.59 Å². The second-order valence-electron chi connectivity index (χ2n) is 10.1. The van der Waals surface area contributed by atoms with Crippen LogP contribution in [-0.2, 0) is 27.5 Å². The first-order valence-electron chi connectivity index (χ1n) is 12.8. The smallest absolute Gasteiger partial charge is 0.412 e. The van der Waals surface area contributed by atoms with Crippen LogP contribution in [0.5, 0.6) is 0 Å². The summed E-state index contributed by atoms with van der Waals surface area (Å²) in [6.45, 7) is 10.5. The molecule has 0 spiro atoms. The molecule has 2 unspecified atom stereocenters. The second-order valence-corrected chi connectivity index (χ2v) is 10.1. The number of nitrogens with zero attached hydrogens (tertiary/aromatic N) is 2. The van der Waals surface area contributed by atoms with Gasteiger partial charge in [-0.05, 0) is 44.7 Å². The fourth-order valence-electron chi connectivity index (χ4n) is 3.56. The quantitative estimate of drug-likeness (QED) is 0.364. The number of aromatic nitrogens is 1. The van der Waals surface area contributed by atoms with Gasteiger partial charge in [-0.3, -0.25) is 4.79 Å². The van der Waals surface area contributed by atoms with E-state index in [0.717, 1.165) is 11.1 Å². The monoisotopic (exact) mass is 529 g/mol. The first-order chi connectivity index (χ1) is 18.0. The number of ether oxygens (including phenoxy) is 2. The molecule has 0 fully saturated rings. The van der Waals surface area contributed by atoms with E-state index in [2.05, 4.69) is 10.6 Å². The van der Waals surface area contributed by atoms with Gasteiger partial charge in [0.25, 0.3) is 6.73 Å². The maximum absolute atomic E-state index is 13.1. The molecule has 0 aliphatic rings. The van der Waals surface area contributed by atoms with Gasteiger partial charge >= 0.3 is 12.2 Å². The van der Waals surface area contributed by atoms with Gasteiger partial charge in [-0.1, -0.05) is 37.3 Å². The standard InChI is InChI=1S/C28H40N4O6/c1-6-32(25(34)24(19-33)23-10-8-7-9-11-23)18-22-12-14-31(15-13-22)20-37-26(35)29-16-21(2)17-30-27(36)38-28(3,4)5/h7-15,21,24,33H,6,16-20H2,1-5H3,(H-,29,30,35,36)/p+1. The Morgan fingerprint density at radius 2 is 1.61 bits per heavy atom. The van der Waals surface area contributed by atoms with Crippen LogP contribution < -0.4 is 15.2 Å². The minimum atomic E-state index is -0.604. The van der Waals surface area contributed by atoms with Crippen LogP contribution in [0.2, 0.25) is 0 Å². The van der Waals surface area contributed by atoms with Gasteiger partial charge in [0.1, 0.15) is 5.60 Å². The number of amides is 3. The predicted molar refractivity (Wildman–Crippen MR) is 142 cm³/mol. The van der Waals surface area contributed by atoms with Gasteiger partial charge in [-0.2, -0.15) is 4.57 Å². The summed E-state index contributed by atoms with van der Waals surface area (Å²) in [5.74, 6) is -0.750. The third-order valence-electron chi connectivity index (χ3n) is 5.64. The Kier molecular flexibility index (Phi) is 12.0. The summed E-state index contributed by atoms with van der Waals surface area (Å²) in [5, 5.41) is 15.2. The van der Waals surface area contributed by atoms with Crippen molar-refractivity contribution in [3.63, 3.8) is 0 Å². The molecule has 0 saturated carbocycles. The zero-order valence-electron chi connectivity index (χ0n) is 23.0. The zero-order chi connectivity index (χ0) is 28.1. The molecule has 3 N–H and O–H groups in total. The summed E-state index contributed by atoms with van der Waals surface area (Å²) in [7, 11) is 0. The molecule has 1 aromatic heterocycles. The second kappa shape index (κ2) is 14.9. The van der Waals surface area contributed by atoms with Gasteiger partial charge in [-0.25, -0.2) is 9.59 Å². The molecule has 10 heteroatoms. The number of carbonyl (C=O) groups excluding carboxylic acids is 3. The number of benzene rings is 1. The molecule has 38 heavy (non-hydrogen) atoms. The van der Waals surface area contributed by atoms with E-state index in [-0.39, 0.29) is 25.2 Å².